The maximum atomic E-state index is 9.55. The lowest BCUT2D eigenvalue weighted by Gasteiger charge is -1.74. The second kappa shape index (κ2) is 11.4. The first-order valence-corrected chi connectivity index (χ1v) is 3.53. The predicted octanol–water partition coefficient (Wildman–Crippen LogP) is -1.40. The molecule has 0 fully saturated rings. The van der Waals surface area contributed by atoms with Crippen molar-refractivity contribution < 1.29 is 45.1 Å². The number of hydrogen-bond acceptors (Lipinski definition) is 4. The van der Waals surface area contributed by atoms with Gasteiger partial charge in [-0.25, -0.2) is 19.2 Å². The third kappa shape index (κ3) is 31.9. The van der Waals surface area contributed by atoms with Crippen LogP contribution in [0.5, 0.6) is 0 Å². The lowest BCUT2D eigenvalue weighted by atomic mass is 10.5. The van der Waals surface area contributed by atoms with Crippen LogP contribution in [0, 0.1) is 0 Å². The van der Waals surface area contributed by atoms with E-state index in [9.17, 15) is 19.2 Å². The summed E-state index contributed by atoms with van der Waals surface area (Å²) in [5.74, 6) is -5.03. The average molecular weight is 250 g/mol. The van der Waals surface area contributed by atoms with E-state index >= 15 is 0 Å². The minimum atomic E-state index is -1.26. The van der Waals surface area contributed by atoms with Gasteiger partial charge in [0, 0.05) is 24.3 Å². The molecular weight excluding hydrogens is 240 g/mol. The topological polar surface area (TPSA) is 181 Å². The molecule has 0 bridgehead atoms. The van der Waals surface area contributed by atoms with Crippen molar-refractivity contribution in [1.29, 1.82) is 0 Å². The molecule has 96 valence electrons. The molecule has 0 amide bonds. The van der Waals surface area contributed by atoms with Gasteiger partial charge in [-0.05, 0) is 0 Å². The first kappa shape index (κ1) is 19.8. The zero-order chi connectivity index (χ0) is 13.1. The molecule has 0 saturated carbocycles. The largest absolute Gasteiger partial charge is 0.478 e. The molecule has 0 aromatic carbocycles. The molecule has 0 heterocycles. The van der Waals surface area contributed by atoms with Crippen LogP contribution in [0.2, 0.25) is 0 Å². The van der Waals surface area contributed by atoms with Crippen molar-refractivity contribution in [1.82, 2.24) is 0 Å². The van der Waals surface area contributed by atoms with Gasteiger partial charge in [-0.1, -0.05) is 0 Å². The summed E-state index contributed by atoms with van der Waals surface area (Å²) in [7, 11) is 0. The highest BCUT2D eigenvalue weighted by Crippen LogP contribution is 1.71. The molecule has 9 nitrogen and oxygen atoms in total. The van der Waals surface area contributed by atoms with Crippen LogP contribution in [0.4, 0.5) is 0 Å². The summed E-state index contributed by atoms with van der Waals surface area (Å²) in [5.41, 5.74) is 0. The van der Waals surface area contributed by atoms with Gasteiger partial charge in [0.25, 0.3) is 0 Å². The smallest absolute Gasteiger partial charge is 0.328 e. The highest BCUT2D eigenvalue weighted by Gasteiger charge is 1.88. The maximum Gasteiger partial charge on any atom is 0.328 e. The van der Waals surface area contributed by atoms with Crippen LogP contribution in [-0.4, -0.2) is 49.8 Å². The van der Waals surface area contributed by atoms with E-state index in [1.165, 1.54) is 0 Å². The lowest BCUT2D eigenvalue weighted by Crippen LogP contribution is -1.91. The van der Waals surface area contributed by atoms with Gasteiger partial charge >= 0.3 is 23.9 Å². The normalized spacial score (nSPS) is 8.94. The molecule has 0 rings (SSSR count). The highest BCUT2D eigenvalue weighted by atomic mass is 16.4. The Balaban J connectivity index is -0.000000218. The summed E-state index contributed by atoms with van der Waals surface area (Å²) in [6.07, 6.45) is 2.23. The zero-order valence-corrected chi connectivity index (χ0v) is 8.23. The van der Waals surface area contributed by atoms with Crippen LogP contribution in [0.3, 0.4) is 0 Å². The van der Waals surface area contributed by atoms with E-state index in [0.717, 1.165) is 0 Å². The summed E-state index contributed by atoms with van der Waals surface area (Å²) in [4.78, 5) is 38.2. The number of carbonyl (C=O) groups is 4. The molecule has 0 aliphatic heterocycles. The Bertz CT molecular complexity index is 273. The summed E-state index contributed by atoms with van der Waals surface area (Å²) < 4.78 is 0. The molecule has 0 aromatic rings. The standard InChI is InChI=1S/2C4H4O4.H2O/c2*5-3(6)1-2-4(7)8;/h2*1-2H,(H,5,6)(H,7,8);1H2. The summed E-state index contributed by atoms with van der Waals surface area (Å²) in [6, 6.07) is 0. The van der Waals surface area contributed by atoms with Crippen LogP contribution < -0.4 is 0 Å². The van der Waals surface area contributed by atoms with E-state index < -0.39 is 23.9 Å². The van der Waals surface area contributed by atoms with Gasteiger partial charge in [0.2, 0.25) is 0 Å². The molecular formula is C8H10O9. The van der Waals surface area contributed by atoms with Gasteiger partial charge in [0.15, 0.2) is 0 Å². The number of rotatable bonds is 4. The SMILES string of the molecule is O.O=C(O)C=CC(=O)O.O=C(O)C=CC(=O)O. The van der Waals surface area contributed by atoms with E-state index in [1.54, 1.807) is 0 Å². The maximum absolute atomic E-state index is 9.55. The summed E-state index contributed by atoms with van der Waals surface area (Å²) in [6.45, 7) is 0. The van der Waals surface area contributed by atoms with Gasteiger partial charge in [-0.15, -0.1) is 0 Å². The second-order valence-electron chi connectivity index (χ2n) is 2.02. The van der Waals surface area contributed by atoms with Crippen molar-refractivity contribution in [3.05, 3.63) is 24.3 Å². The summed E-state index contributed by atoms with van der Waals surface area (Å²) >= 11 is 0. The fourth-order valence-corrected chi connectivity index (χ4v) is 0.285. The van der Waals surface area contributed by atoms with Crippen LogP contribution >= 0.6 is 0 Å². The number of carboxylic acids is 4. The fourth-order valence-electron chi connectivity index (χ4n) is 0.285. The van der Waals surface area contributed by atoms with E-state index in [2.05, 4.69) is 0 Å². The molecule has 0 atom stereocenters. The zero-order valence-electron chi connectivity index (χ0n) is 8.23. The van der Waals surface area contributed by atoms with Crippen molar-refractivity contribution in [2.45, 2.75) is 0 Å². The van der Waals surface area contributed by atoms with Crippen molar-refractivity contribution in [2.75, 3.05) is 0 Å². The lowest BCUT2D eigenvalue weighted by molar-refractivity contribution is -0.134. The molecule has 0 aromatic heterocycles. The van der Waals surface area contributed by atoms with Crippen molar-refractivity contribution >= 4 is 23.9 Å². The van der Waals surface area contributed by atoms with E-state index in [4.69, 9.17) is 20.4 Å². The van der Waals surface area contributed by atoms with Gasteiger partial charge in [0.05, 0.1) is 0 Å². The molecule has 0 unspecified atom stereocenters. The van der Waals surface area contributed by atoms with Gasteiger partial charge in [-0.3, -0.25) is 0 Å². The van der Waals surface area contributed by atoms with Crippen LogP contribution in [0.15, 0.2) is 24.3 Å². The molecule has 0 spiro atoms. The molecule has 0 aliphatic carbocycles. The van der Waals surface area contributed by atoms with E-state index in [0.29, 0.717) is 24.3 Å². The van der Waals surface area contributed by atoms with Crippen LogP contribution in [0.1, 0.15) is 0 Å². The van der Waals surface area contributed by atoms with Crippen molar-refractivity contribution in [3.8, 4) is 0 Å². The van der Waals surface area contributed by atoms with Crippen molar-refractivity contribution in [2.24, 2.45) is 0 Å². The van der Waals surface area contributed by atoms with E-state index in [1.807, 2.05) is 0 Å². The van der Waals surface area contributed by atoms with Gasteiger partial charge < -0.3 is 25.9 Å². The fraction of sp³-hybridized carbons (Fsp3) is 0. The minimum absolute atomic E-state index is 0. The Kier molecular flexibility index (Phi) is 13.3. The Morgan fingerprint density at radius 2 is 0.647 bits per heavy atom. The quantitative estimate of drug-likeness (QED) is 0.439. The van der Waals surface area contributed by atoms with Gasteiger partial charge in [-0.2, -0.15) is 0 Å². The number of carboxylic acid groups (broad SMARTS) is 4. The molecule has 0 radical (unpaired) electrons. The molecule has 0 aliphatic rings. The average Bonchev–Trinajstić information content (AvgIpc) is 2.12. The minimum Gasteiger partial charge on any atom is -0.478 e. The number of aliphatic carboxylic acids is 4. The third-order valence-electron chi connectivity index (χ3n) is 0.737. The Morgan fingerprint density at radius 3 is 0.706 bits per heavy atom. The molecule has 9 heteroatoms. The third-order valence-corrected chi connectivity index (χ3v) is 0.737. The Labute approximate surface area is 94.2 Å². The first-order valence-electron chi connectivity index (χ1n) is 3.53. The van der Waals surface area contributed by atoms with Crippen LogP contribution in [-0.2, 0) is 19.2 Å². The second-order valence-corrected chi connectivity index (χ2v) is 2.02. The molecule has 17 heavy (non-hydrogen) atoms. The monoisotopic (exact) mass is 250 g/mol. The summed E-state index contributed by atoms with van der Waals surface area (Å²) in [5, 5.41) is 31.2. The van der Waals surface area contributed by atoms with Crippen LogP contribution in [0.25, 0.3) is 0 Å². The predicted molar refractivity (Wildman–Crippen MR) is 52.4 cm³/mol. The molecule has 6 N–H and O–H groups in total. The van der Waals surface area contributed by atoms with E-state index in [-0.39, 0.29) is 5.48 Å². The highest BCUT2D eigenvalue weighted by molar-refractivity contribution is 5.90. The number of hydrogen-bond donors (Lipinski definition) is 4. The molecule has 0 saturated heterocycles. The Hall–Kier alpha value is -2.68. The van der Waals surface area contributed by atoms with Gasteiger partial charge in [0.1, 0.15) is 0 Å². The first-order chi connectivity index (χ1) is 7.25. The van der Waals surface area contributed by atoms with Crippen molar-refractivity contribution in [3.63, 3.8) is 0 Å². The Morgan fingerprint density at radius 1 is 0.529 bits per heavy atom.